The van der Waals surface area contributed by atoms with E-state index in [9.17, 15) is 0 Å². The number of hydrogen-bond acceptors (Lipinski definition) is 4. The number of nitrogens with two attached hydrogens (primary N) is 1. The van der Waals surface area contributed by atoms with Gasteiger partial charge in [0.05, 0.1) is 20.8 Å². The minimum Gasteiger partial charge on any atom is -0.497 e. The predicted molar refractivity (Wildman–Crippen MR) is 63.0 cm³/mol. The molecule has 0 amide bonds. The molecule has 0 bridgehead atoms. The standard InChI is InChI=1S/C12H19NO3/c1-14-8-9-6-10(15-2)7-12(16-3)11(9)4-5-13/h6-7H,4-5,8,13H2,1-3H3. The van der Waals surface area contributed by atoms with Crippen molar-refractivity contribution in [1.82, 2.24) is 0 Å². The summed E-state index contributed by atoms with van der Waals surface area (Å²) in [6.07, 6.45) is 0.770. The molecule has 1 aromatic rings. The molecule has 2 N–H and O–H groups in total. The number of hydrogen-bond donors (Lipinski definition) is 1. The van der Waals surface area contributed by atoms with Gasteiger partial charge in [-0.1, -0.05) is 0 Å². The van der Waals surface area contributed by atoms with Crippen LogP contribution in [0.2, 0.25) is 0 Å². The number of rotatable bonds is 6. The highest BCUT2D eigenvalue weighted by Crippen LogP contribution is 2.29. The average Bonchev–Trinajstić information content (AvgIpc) is 2.31. The fourth-order valence-corrected chi connectivity index (χ4v) is 1.69. The van der Waals surface area contributed by atoms with Gasteiger partial charge < -0.3 is 19.9 Å². The van der Waals surface area contributed by atoms with Gasteiger partial charge in [0.2, 0.25) is 0 Å². The van der Waals surface area contributed by atoms with Gasteiger partial charge in [0, 0.05) is 18.7 Å². The minimum atomic E-state index is 0.531. The summed E-state index contributed by atoms with van der Waals surface area (Å²) in [4.78, 5) is 0. The molecule has 0 aliphatic carbocycles. The molecule has 0 unspecified atom stereocenters. The van der Waals surface area contributed by atoms with E-state index in [0.717, 1.165) is 29.0 Å². The van der Waals surface area contributed by atoms with Crippen molar-refractivity contribution in [3.63, 3.8) is 0 Å². The van der Waals surface area contributed by atoms with E-state index in [1.807, 2.05) is 12.1 Å². The summed E-state index contributed by atoms with van der Waals surface area (Å²) >= 11 is 0. The highest BCUT2D eigenvalue weighted by atomic mass is 16.5. The van der Waals surface area contributed by atoms with Crippen LogP contribution in [0.15, 0.2) is 12.1 Å². The van der Waals surface area contributed by atoms with Crippen molar-refractivity contribution in [2.75, 3.05) is 27.9 Å². The Hall–Kier alpha value is -1.26. The molecular formula is C12H19NO3. The molecule has 90 valence electrons. The Morgan fingerprint density at radius 2 is 1.88 bits per heavy atom. The summed E-state index contributed by atoms with van der Waals surface area (Å²) in [6.45, 7) is 1.11. The zero-order valence-corrected chi connectivity index (χ0v) is 10.1. The van der Waals surface area contributed by atoms with Crippen LogP contribution in [0, 0.1) is 0 Å². The molecule has 0 aliphatic rings. The summed E-state index contributed by atoms with van der Waals surface area (Å²) in [6, 6.07) is 3.82. The molecule has 16 heavy (non-hydrogen) atoms. The van der Waals surface area contributed by atoms with Crippen molar-refractivity contribution in [3.05, 3.63) is 23.3 Å². The van der Waals surface area contributed by atoms with Crippen molar-refractivity contribution in [3.8, 4) is 11.5 Å². The Morgan fingerprint density at radius 1 is 1.12 bits per heavy atom. The molecule has 0 aromatic heterocycles. The molecule has 0 saturated heterocycles. The van der Waals surface area contributed by atoms with Crippen molar-refractivity contribution >= 4 is 0 Å². The summed E-state index contributed by atoms with van der Waals surface area (Å²) in [5.41, 5.74) is 7.74. The van der Waals surface area contributed by atoms with Gasteiger partial charge in [0.25, 0.3) is 0 Å². The van der Waals surface area contributed by atoms with Crippen LogP contribution in [-0.2, 0) is 17.8 Å². The SMILES string of the molecule is COCc1cc(OC)cc(OC)c1CCN. The van der Waals surface area contributed by atoms with E-state index in [4.69, 9.17) is 19.9 Å². The molecule has 4 heteroatoms. The fraction of sp³-hybridized carbons (Fsp3) is 0.500. The van der Waals surface area contributed by atoms with Crippen LogP contribution >= 0.6 is 0 Å². The zero-order chi connectivity index (χ0) is 12.0. The van der Waals surface area contributed by atoms with Crippen LogP contribution in [0.3, 0.4) is 0 Å². The maximum absolute atomic E-state index is 5.59. The Morgan fingerprint density at radius 3 is 2.38 bits per heavy atom. The fourth-order valence-electron chi connectivity index (χ4n) is 1.69. The normalized spacial score (nSPS) is 10.2. The minimum absolute atomic E-state index is 0.531. The number of benzene rings is 1. The van der Waals surface area contributed by atoms with E-state index in [-0.39, 0.29) is 0 Å². The first-order chi connectivity index (χ1) is 7.76. The zero-order valence-electron chi connectivity index (χ0n) is 10.1. The second-order valence-electron chi connectivity index (χ2n) is 3.44. The quantitative estimate of drug-likeness (QED) is 0.794. The van der Waals surface area contributed by atoms with E-state index in [2.05, 4.69) is 0 Å². The third-order valence-corrected chi connectivity index (χ3v) is 2.42. The highest BCUT2D eigenvalue weighted by Gasteiger charge is 2.11. The number of methoxy groups -OCH3 is 3. The maximum atomic E-state index is 5.59. The first-order valence-electron chi connectivity index (χ1n) is 5.19. The van der Waals surface area contributed by atoms with Gasteiger partial charge in [-0.3, -0.25) is 0 Å². The monoisotopic (exact) mass is 225 g/mol. The lowest BCUT2D eigenvalue weighted by molar-refractivity contribution is 0.183. The first-order valence-corrected chi connectivity index (χ1v) is 5.19. The van der Waals surface area contributed by atoms with Gasteiger partial charge in [0.1, 0.15) is 11.5 Å². The van der Waals surface area contributed by atoms with Crippen molar-refractivity contribution < 1.29 is 14.2 Å². The average molecular weight is 225 g/mol. The van der Waals surface area contributed by atoms with Crippen LogP contribution in [0.1, 0.15) is 11.1 Å². The second kappa shape index (κ2) is 6.35. The molecule has 0 spiro atoms. The summed E-state index contributed by atoms with van der Waals surface area (Å²) in [5.74, 6) is 1.57. The Balaban J connectivity index is 3.17. The molecule has 1 rings (SSSR count). The lowest BCUT2D eigenvalue weighted by Gasteiger charge is -2.15. The summed E-state index contributed by atoms with van der Waals surface area (Å²) in [5, 5.41) is 0. The van der Waals surface area contributed by atoms with E-state index in [1.54, 1.807) is 21.3 Å². The molecule has 0 atom stereocenters. The highest BCUT2D eigenvalue weighted by molar-refractivity contribution is 5.46. The molecular weight excluding hydrogens is 206 g/mol. The van der Waals surface area contributed by atoms with Crippen LogP contribution in [0.4, 0.5) is 0 Å². The molecule has 0 aliphatic heterocycles. The Bertz CT molecular complexity index is 339. The predicted octanol–water partition coefficient (Wildman–Crippen LogP) is 1.35. The van der Waals surface area contributed by atoms with Gasteiger partial charge in [-0.15, -0.1) is 0 Å². The van der Waals surface area contributed by atoms with Crippen LogP contribution in [0.25, 0.3) is 0 Å². The van der Waals surface area contributed by atoms with Crippen molar-refractivity contribution in [2.24, 2.45) is 5.73 Å². The summed E-state index contributed by atoms with van der Waals surface area (Å²) < 4.78 is 15.7. The van der Waals surface area contributed by atoms with Crippen molar-refractivity contribution in [1.29, 1.82) is 0 Å². The number of ether oxygens (including phenoxy) is 3. The molecule has 0 radical (unpaired) electrons. The van der Waals surface area contributed by atoms with Gasteiger partial charge in [-0.2, -0.15) is 0 Å². The van der Waals surface area contributed by atoms with Gasteiger partial charge in [0.15, 0.2) is 0 Å². The molecule has 1 aromatic carbocycles. The van der Waals surface area contributed by atoms with Crippen LogP contribution < -0.4 is 15.2 Å². The summed E-state index contributed by atoms with van der Waals surface area (Å²) in [7, 11) is 4.94. The largest absolute Gasteiger partial charge is 0.497 e. The molecule has 0 heterocycles. The Labute approximate surface area is 96.3 Å². The van der Waals surface area contributed by atoms with E-state index in [0.29, 0.717) is 13.2 Å². The van der Waals surface area contributed by atoms with Gasteiger partial charge >= 0.3 is 0 Å². The van der Waals surface area contributed by atoms with Gasteiger partial charge in [-0.25, -0.2) is 0 Å². The second-order valence-corrected chi connectivity index (χ2v) is 3.44. The first kappa shape index (κ1) is 12.8. The van der Waals surface area contributed by atoms with E-state index < -0.39 is 0 Å². The lowest BCUT2D eigenvalue weighted by atomic mass is 10.0. The lowest BCUT2D eigenvalue weighted by Crippen LogP contribution is -2.08. The van der Waals surface area contributed by atoms with E-state index in [1.165, 1.54) is 0 Å². The Kier molecular flexibility index (Phi) is 5.08. The topological polar surface area (TPSA) is 53.7 Å². The van der Waals surface area contributed by atoms with Gasteiger partial charge in [-0.05, 0) is 24.6 Å². The van der Waals surface area contributed by atoms with Crippen LogP contribution in [-0.4, -0.2) is 27.9 Å². The molecule has 4 nitrogen and oxygen atoms in total. The third-order valence-electron chi connectivity index (χ3n) is 2.42. The molecule has 0 saturated carbocycles. The third kappa shape index (κ3) is 2.87. The maximum Gasteiger partial charge on any atom is 0.126 e. The van der Waals surface area contributed by atoms with Crippen molar-refractivity contribution in [2.45, 2.75) is 13.0 Å². The van der Waals surface area contributed by atoms with E-state index >= 15 is 0 Å². The smallest absolute Gasteiger partial charge is 0.126 e. The molecule has 0 fully saturated rings. The van der Waals surface area contributed by atoms with Crippen LogP contribution in [0.5, 0.6) is 11.5 Å².